The van der Waals surface area contributed by atoms with Crippen LogP contribution in [0.2, 0.25) is 0 Å². The van der Waals surface area contributed by atoms with Crippen molar-refractivity contribution < 1.29 is 4.74 Å². The molecule has 5 heteroatoms. The zero-order chi connectivity index (χ0) is 17.2. The lowest BCUT2D eigenvalue weighted by atomic mass is 10.0. The summed E-state index contributed by atoms with van der Waals surface area (Å²) in [7, 11) is 0. The van der Waals surface area contributed by atoms with E-state index in [9.17, 15) is 0 Å². The lowest BCUT2D eigenvalue weighted by Crippen LogP contribution is -2.45. The lowest BCUT2D eigenvalue weighted by Gasteiger charge is -2.37. The molecule has 0 bridgehead atoms. The Morgan fingerprint density at radius 3 is 2.79 bits per heavy atom. The maximum Gasteiger partial charge on any atom is 0.191 e. The highest BCUT2D eigenvalue weighted by Crippen LogP contribution is 2.28. The minimum atomic E-state index is 0.512. The predicted octanol–water partition coefficient (Wildman–Crippen LogP) is 2.62. The molecular formula is C19H38N4O. The number of hydrogen-bond donors (Lipinski definition) is 2. The summed E-state index contributed by atoms with van der Waals surface area (Å²) in [6, 6.07) is 1.21. The second-order valence-electron chi connectivity index (χ2n) is 7.45. The SMILES string of the molecule is CCNC(=NCC(C)N1CCCCC1C)NCCCOCC1CC1. The number of guanidine groups is 1. The first-order chi connectivity index (χ1) is 11.7. The van der Waals surface area contributed by atoms with Crippen LogP contribution < -0.4 is 10.6 Å². The maximum atomic E-state index is 5.68. The highest BCUT2D eigenvalue weighted by atomic mass is 16.5. The van der Waals surface area contributed by atoms with Gasteiger partial charge in [0.2, 0.25) is 0 Å². The Bertz CT molecular complexity index is 370. The zero-order valence-electron chi connectivity index (χ0n) is 16.0. The topological polar surface area (TPSA) is 48.9 Å². The van der Waals surface area contributed by atoms with E-state index in [1.807, 2.05) is 0 Å². The molecule has 0 radical (unpaired) electrons. The van der Waals surface area contributed by atoms with E-state index in [1.165, 1.54) is 38.6 Å². The number of piperidine rings is 1. The average molecular weight is 339 g/mol. The van der Waals surface area contributed by atoms with E-state index >= 15 is 0 Å². The number of nitrogens with zero attached hydrogens (tertiary/aromatic N) is 2. The third-order valence-electron chi connectivity index (χ3n) is 5.09. The van der Waals surface area contributed by atoms with Crippen molar-refractivity contribution in [3.8, 4) is 0 Å². The Hall–Kier alpha value is -0.810. The van der Waals surface area contributed by atoms with Crippen LogP contribution >= 0.6 is 0 Å². The molecule has 0 aromatic carbocycles. The first kappa shape index (κ1) is 19.5. The summed E-state index contributed by atoms with van der Waals surface area (Å²) in [5.74, 6) is 1.80. The molecule has 1 aliphatic carbocycles. The summed E-state index contributed by atoms with van der Waals surface area (Å²) < 4.78 is 5.68. The molecule has 1 aliphatic heterocycles. The van der Waals surface area contributed by atoms with E-state index in [1.54, 1.807) is 0 Å². The van der Waals surface area contributed by atoms with Gasteiger partial charge in [0.25, 0.3) is 0 Å². The minimum Gasteiger partial charge on any atom is -0.381 e. The Kier molecular flexibility index (Phi) is 8.89. The standard InChI is InChI=1S/C19H38N4O/c1-4-20-19(21-11-7-13-24-15-18-9-10-18)22-14-17(3)23-12-6-5-8-16(23)2/h16-18H,4-15H2,1-3H3,(H2,20,21,22). The molecule has 1 saturated carbocycles. The van der Waals surface area contributed by atoms with Crippen LogP contribution in [0.5, 0.6) is 0 Å². The van der Waals surface area contributed by atoms with Gasteiger partial charge in [-0.2, -0.15) is 0 Å². The van der Waals surface area contributed by atoms with Gasteiger partial charge >= 0.3 is 0 Å². The van der Waals surface area contributed by atoms with Crippen molar-refractivity contribution in [2.24, 2.45) is 10.9 Å². The molecule has 0 aromatic rings. The number of aliphatic imine (C=N–C) groups is 1. The van der Waals surface area contributed by atoms with Crippen LogP contribution in [0.1, 0.15) is 59.3 Å². The molecule has 5 nitrogen and oxygen atoms in total. The van der Waals surface area contributed by atoms with Gasteiger partial charge in [0.15, 0.2) is 5.96 Å². The Morgan fingerprint density at radius 2 is 2.08 bits per heavy atom. The van der Waals surface area contributed by atoms with Gasteiger partial charge in [-0.3, -0.25) is 9.89 Å². The molecular weight excluding hydrogens is 300 g/mol. The summed E-state index contributed by atoms with van der Waals surface area (Å²) in [5.41, 5.74) is 0. The van der Waals surface area contributed by atoms with E-state index < -0.39 is 0 Å². The smallest absolute Gasteiger partial charge is 0.191 e. The van der Waals surface area contributed by atoms with Crippen LogP contribution in [0, 0.1) is 5.92 Å². The first-order valence-electron chi connectivity index (χ1n) is 10.1. The summed E-state index contributed by atoms with van der Waals surface area (Å²) in [5, 5.41) is 6.79. The number of ether oxygens (including phenoxy) is 1. The van der Waals surface area contributed by atoms with Crippen molar-refractivity contribution in [1.29, 1.82) is 0 Å². The van der Waals surface area contributed by atoms with Gasteiger partial charge < -0.3 is 15.4 Å². The Labute approximate surface area is 148 Å². The molecule has 2 aliphatic rings. The fourth-order valence-electron chi connectivity index (χ4n) is 3.36. The monoisotopic (exact) mass is 338 g/mol. The van der Waals surface area contributed by atoms with Crippen molar-refractivity contribution in [1.82, 2.24) is 15.5 Å². The Balaban J connectivity index is 1.64. The van der Waals surface area contributed by atoms with E-state index in [0.717, 1.165) is 51.1 Å². The summed E-state index contributed by atoms with van der Waals surface area (Å²) in [6.45, 7) is 12.5. The van der Waals surface area contributed by atoms with Gasteiger partial charge in [-0.15, -0.1) is 0 Å². The molecule has 2 fully saturated rings. The van der Waals surface area contributed by atoms with Gasteiger partial charge in [0.1, 0.15) is 0 Å². The highest BCUT2D eigenvalue weighted by molar-refractivity contribution is 5.79. The van der Waals surface area contributed by atoms with Gasteiger partial charge in [-0.1, -0.05) is 6.42 Å². The van der Waals surface area contributed by atoms with E-state index in [4.69, 9.17) is 9.73 Å². The molecule has 0 amide bonds. The quantitative estimate of drug-likeness (QED) is 0.365. The van der Waals surface area contributed by atoms with Crippen LogP contribution in [0.25, 0.3) is 0 Å². The fourth-order valence-corrected chi connectivity index (χ4v) is 3.36. The summed E-state index contributed by atoms with van der Waals surface area (Å²) >= 11 is 0. The third kappa shape index (κ3) is 7.39. The summed E-state index contributed by atoms with van der Waals surface area (Å²) in [6.07, 6.45) is 7.80. The molecule has 0 aromatic heterocycles. The number of hydrogen-bond acceptors (Lipinski definition) is 3. The van der Waals surface area contributed by atoms with Crippen LogP contribution in [0.15, 0.2) is 4.99 Å². The predicted molar refractivity (Wildman–Crippen MR) is 102 cm³/mol. The van der Waals surface area contributed by atoms with Crippen molar-refractivity contribution in [2.75, 3.05) is 39.4 Å². The molecule has 2 N–H and O–H groups in total. The number of likely N-dealkylation sites (tertiary alicyclic amines) is 1. The lowest BCUT2D eigenvalue weighted by molar-refractivity contribution is 0.118. The normalized spacial score (nSPS) is 24.0. The fraction of sp³-hybridized carbons (Fsp3) is 0.947. The third-order valence-corrected chi connectivity index (χ3v) is 5.09. The molecule has 2 atom stereocenters. The van der Waals surface area contributed by atoms with Crippen molar-refractivity contribution >= 4 is 5.96 Å². The van der Waals surface area contributed by atoms with Gasteiger partial charge in [0.05, 0.1) is 6.54 Å². The molecule has 0 spiro atoms. The van der Waals surface area contributed by atoms with E-state index in [2.05, 4.69) is 36.3 Å². The van der Waals surface area contributed by atoms with Gasteiger partial charge in [-0.25, -0.2) is 0 Å². The zero-order valence-corrected chi connectivity index (χ0v) is 16.0. The van der Waals surface area contributed by atoms with Crippen LogP contribution in [0.4, 0.5) is 0 Å². The molecule has 2 rings (SSSR count). The molecule has 140 valence electrons. The van der Waals surface area contributed by atoms with Crippen molar-refractivity contribution in [2.45, 2.75) is 71.4 Å². The Morgan fingerprint density at radius 1 is 1.25 bits per heavy atom. The largest absolute Gasteiger partial charge is 0.381 e. The average Bonchev–Trinajstić information content (AvgIpc) is 3.40. The molecule has 1 heterocycles. The van der Waals surface area contributed by atoms with E-state index in [-0.39, 0.29) is 0 Å². The number of rotatable bonds is 10. The van der Waals surface area contributed by atoms with Crippen LogP contribution in [-0.2, 0) is 4.74 Å². The number of nitrogens with one attached hydrogen (secondary N) is 2. The molecule has 24 heavy (non-hydrogen) atoms. The second-order valence-corrected chi connectivity index (χ2v) is 7.45. The van der Waals surface area contributed by atoms with Gasteiger partial charge in [0, 0.05) is 38.4 Å². The molecule has 1 saturated heterocycles. The maximum absolute atomic E-state index is 5.68. The van der Waals surface area contributed by atoms with Gasteiger partial charge in [-0.05, 0) is 65.3 Å². The van der Waals surface area contributed by atoms with Crippen molar-refractivity contribution in [3.05, 3.63) is 0 Å². The van der Waals surface area contributed by atoms with E-state index in [0.29, 0.717) is 12.1 Å². The second kappa shape index (κ2) is 10.9. The molecule has 2 unspecified atom stereocenters. The van der Waals surface area contributed by atoms with Crippen LogP contribution in [0.3, 0.4) is 0 Å². The van der Waals surface area contributed by atoms with Crippen molar-refractivity contribution in [3.63, 3.8) is 0 Å². The first-order valence-corrected chi connectivity index (χ1v) is 10.1. The highest BCUT2D eigenvalue weighted by Gasteiger charge is 2.23. The minimum absolute atomic E-state index is 0.512. The van der Waals surface area contributed by atoms with Crippen LogP contribution in [-0.4, -0.2) is 62.3 Å². The summed E-state index contributed by atoms with van der Waals surface area (Å²) in [4.78, 5) is 7.40.